The molecule has 1 aliphatic rings. The van der Waals surface area contributed by atoms with E-state index in [0.29, 0.717) is 6.42 Å². The second kappa shape index (κ2) is 14.3. The molecule has 1 heterocycles. The lowest BCUT2D eigenvalue weighted by molar-refractivity contribution is -0.251. The summed E-state index contributed by atoms with van der Waals surface area (Å²) in [6, 6.07) is -1.08. The molecule has 0 aromatic rings. The van der Waals surface area contributed by atoms with E-state index in [9.17, 15) is 20.1 Å². The van der Waals surface area contributed by atoms with E-state index < -0.39 is 30.6 Å². The first kappa shape index (κ1) is 24.3. The van der Waals surface area contributed by atoms with Gasteiger partial charge in [0, 0.05) is 6.42 Å². The highest BCUT2D eigenvalue weighted by Gasteiger charge is 2.42. The highest BCUT2D eigenvalue weighted by molar-refractivity contribution is 5.69. The Morgan fingerprint density at radius 3 is 1.96 bits per heavy atom. The maximum atomic E-state index is 11.8. The largest absolute Gasteiger partial charge is 0.463 e. The number of esters is 1. The second-order valence-electron chi connectivity index (χ2n) is 7.59. The molecule has 0 aromatic carbocycles. The molecular weight excluding hydrogens is 350 g/mol. The molecule has 0 saturated carbocycles. The van der Waals surface area contributed by atoms with Crippen molar-refractivity contribution >= 4 is 5.97 Å². The van der Waals surface area contributed by atoms with E-state index in [1.807, 2.05) is 0 Å². The molecule has 0 aromatic heterocycles. The maximum absolute atomic E-state index is 11.8. The monoisotopic (exact) mass is 389 g/mol. The van der Waals surface area contributed by atoms with Crippen molar-refractivity contribution in [2.24, 2.45) is 5.73 Å². The summed E-state index contributed by atoms with van der Waals surface area (Å²) in [5.41, 5.74) is 5.49. The fourth-order valence-corrected chi connectivity index (χ4v) is 3.29. The lowest BCUT2D eigenvalue weighted by Crippen LogP contribution is -2.62. The van der Waals surface area contributed by atoms with E-state index in [-0.39, 0.29) is 12.6 Å². The molecule has 1 fully saturated rings. The van der Waals surface area contributed by atoms with E-state index in [2.05, 4.69) is 6.92 Å². The lowest BCUT2D eigenvalue weighted by atomic mass is 9.98. The Labute approximate surface area is 163 Å². The number of ether oxygens (including phenoxy) is 2. The van der Waals surface area contributed by atoms with Crippen LogP contribution in [0.25, 0.3) is 0 Å². The third kappa shape index (κ3) is 9.85. The molecule has 1 saturated heterocycles. The first-order valence-electron chi connectivity index (χ1n) is 10.6. The van der Waals surface area contributed by atoms with Crippen LogP contribution < -0.4 is 5.73 Å². The van der Waals surface area contributed by atoms with Crippen LogP contribution in [-0.2, 0) is 14.3 Å². The fourth-order valence-electron chi connectivity index (χ4n) is 3.29. The van der Waals surface area contributed by atoms with Crippen molar-refractivity contribution in [3.8, 4) is 0 Å². The highest BCUT2D eigenvalue weighted by atomic mass is 16.6. The van der Waals surface area contributed by atoms with E-state index in [0.717, 1.165) is 19.3 Å². The number of hydrogen-bond acceptors (Lipinski definition) is 7. The summed E-state index contributed by atoms with van der Waals surface area (Å²) in [5, 5.41) is 29.1. The van der Waals surface area contributed by atoms with Gasteiger partial charge in [-0.15, -0.1) is 0 Å². The van der Waals surface area contributed by atoms with Gasteiger partial charge in [0.15, 0.2) is 6.29 Å². The Bertz CT molecular complexity index is 395. The van der Waals surface area contributed by atoms with Gasteiger partial charge in [0.1, 0.15) is 24.9 Å². The molecule has 1 aliphatic heterocycles. The van der Waals surface area contributed by atoms with Crippen LogP contribution in [0.1, 0.15) is 84.0 Å². The van der Waals surface area contributed by atoms with E-state index in [1.54, 1.807) is 0 Å². The van der Waals surface area contributed by atoms with Gasteiger partial charge in [-0.2, -0.15) is 0 Å². The quantitative estimate of drug-likeness (QED) is 0.265. The van der Waals surface area contributed by atoms with Crippen molar-refractivity contribution in [2.75, 3.05) is 6.61 Å². The fraction of sp³-hybridized carbons (Fsp3) is 0.950. The van der Waals surface area contributed by atoms with Crippen LogP contribution in [0.15, 0.2) is 0 Å². The zero-order valence-electron chi connectivity index (χ0n) is 16.7. The number of carbonyl (C=O) groups is 1. The molecule has 27 heavy (non-hydrogen) atoms. The zero-order valence-corrected chi connectivity index (χ0v) is 16.7. The summed E-state index contributed by atoms with van der Waals surface area (Å²) in [6.07, 6.45) is 8.69. The van der Waals surface area contributed by atoms with Gasteiger partial charge in [0.2, 0.25) is 0 Å². The van der Waals surface area contributed by atoms with Crippen molar-refractivity contribution in [1.29, 1.82) is 0 Å². The molecule has 1 rings (SSSR count). The van der Waals surface area contributed by atoms with Gasteiger partial charge in [-0.25, -0.2) is 0 Å². The van der Waals surface area contributed by atoms with E-state index in [1.165, 1.54) is 51.4 Å². The van der Waals surface area contributed by atoms with Crippen LogP contribution in [0, 0.1) is 0 Å². The number of unbranched alkanes of at least 4 members (excludes halogenated alkanes) is 10. The highest BCUT2D eigenvalue weighted by Crippen LogP contribution is 2.19. The van der Waals surface area contributed by atoms with E-state index >= 15 is 0 Å². The first-order valence-corrected chi connectivity index (χ1v) is 10.6. The van der Waals surface area contributed by atoms with Crippen LogP contribution in [0.5, 0.6) is 0 Å². The van der Waals surface area contributed by atoms with Crippen LogP contribution in [0.2, 0.25) is 0 Å². The van der Waals surface area contributed by atoms with Gasteiger partial charge in [0.25, 0.3) is 0 Å². The Morgan fingerprint density at radius 1 is 0.889 bits per heavy atom. The molecular formula is C20H39NO6. The average molecular weight is 390 g/mol. The first-order chi connectivity index (χ1) is 13.0. The minimum absolute atomic E-state index is 0.209. The number of nitrogens with two attached hydrogens (primary N) is 1. The molecule has 0 amide bonds. The normalized spacial score (nSPS) is 28.3. The molecule has 0 aliphatic carbocycles. The van der Waals surface area contributed by atoms with Crippen LogP contribution >= 0.6 is 0 Å². The number of rotatable bonds is 14. The Balaban J connectivity index is 1.99. The van der Waals surface area contributed by atoms with Gasteiger partial charge in [-0.3, -0.25) is 4.79 Å². The number of aliphatic hydroxyl groups is 3. The maximum Gasteiger partial charge on any atom is 0.305 e. The van der Waals surface area contributed by atoms with Gasteiger partial charge in [-0.05, 0) is 6.42 Å². The summed E-state index contributed by atoms with van der Waals surface area (Å²) >= 11 is 0. The third-order valence-corrected chi connectivity index (χ3v) is 5.16. The second-order valence-corrected chi connectivity index (χ2v) is 7.59. The summed E-state index contributed by atoms with van der Waals surface area (Å²) in [7, 11) is 0. The van der Waals surface area contributed by atoms with Crippen molar-refractivity contribution < 1.29 is 29.6 Å². The topological polar surface area (TPSA) is 122 Å². The van der Waals surface area contributed by atoms with Crippen LogP contribution in [0.3, 0.4) is 0 Å². The van der Waals surface area contributed by atoms with Gasteiger partial charge >= 0.3 is 5.97 Å². The van der Waals surface area contributed by atoms with Gasteiger partial charge in [0.05, 0.1) is 6.04 Å². The molecule has 5 atom stereocenters. The third-order valence-electron chi connectivity index (χ3n) is 5.16. The molecule has 0 spiro atoms. The minimum atomic E-state index is -1.39. The summed E-state index contributed by atoms with van der Waals surface area (Å²) in [4.78, 5) is 11.8. The molecule has 0 unspecified atom stereocenters. The summed E-state index contributed by atoms with van der Waals surface area (Å²) in [6.45, 7) is 2.02. The van der Waals surface area contributed by atoms with Crippen molar-refractivity contribution in [1.82, 2.24) is 0 Å². The number of hydrogen-bond donors (Lipinski definition) is 4. The SMILES string of the molecule is CCCCCCCCCCCCCC(=O)OC[C@H]1O[C@H](O)[C@H](N)[C@@H](O)[C@@H]1O. The molecule has 7 nitrogen and oxygen atoms in total. The predicted octanol–water partition coefficient (Wildman–Crippen LogP) is 2.00. The smallest absolute Gasteiger partial charge is 0.305 e. The molecule has 5 N–H and O–H groups in total. The van der Waals surface area contributed by atoms with Crippen molar-refractivity contribution in [3.05, 3.63) is 0 Å². The summed E-state index contributed by atoms with van der Waals surface area (Å²) in [5.74, 6) is -0.361. The predicted molar refractivity (Wildman–Crippen MR) is 103 cm³/mol. The Hall–Kier alpha value is -0.730. The zero-order chi connectivity index (χ0) is 20.1. The average Bonchev–Trinajstić information content (AvgIpc) is 2.66. The molecule has 0 radical (unpaired) electrons. The molecule has 0 bridgehead atoms. The number of carbonyl (C=O) groups excluding carboxylic acids is 1. The van der Waals surface area contributed by atoms with Gasteiger partial charge in [-0.1, -0.05) is 71.1 Å². The molecule has 7 heteroatoms. The van der Waals surface area contributed by atoms with Crippen LogP contribution in [0.4, 0.5) is 0 Å². The van der Waals surface area contributed by atoms with Gasteiger partial charge < -0.3 is 30.5 Å². The van der Waals surface area contributed by atoms with Crippen LogP contribution in [-0.4, -0.2) is 58.5 Å². The minimum Gasteiger partial charge on any atom is -0.463 e. The van der Waals surface area contributed by atoms with Crippen molar-refractivity contribution in [3.63, 3.8) is 0 Å². The standard InChI is InChI=1S/C20H39NO6/c1-2-3-4-5-6-7-8-9-10-11-12-13-16(22)26-14-15-18(23)19(24)17(21)20(25)27-15/h15,17-20,23-25H,2-14,21H2,1H3/t15-,17-,18-,19-,20+/m1/s1. The number of aliphatic hydroxyl groups excluding tert-OH is 3. The van der Waals surface area contributed by atoms with E-state index in [4.69, 9.17) is 15.2 Å². The Kier molecular flexibility index (Phi) is 12.9. The van der Waals surface area contributed by atoms with Crippen molar-refractivity contribution in [2.45, 2.75) is 115 Å². The summed E-state index contributed by atoms with van der Waals surface area (Å²) < 4.78 is 10.2. The lowest BCUT2D eigenvalue weighted by Gasteiger charge is -2.38. The Morgan fingerprint density at radius 2 is 1.41 bits per heavy atom. The molecule has 160 valence electrons.